The topological polar surface area (TPSA) is 59.3 Å². The fourth-order valence-electron chi connectivity index (χ4n) is 3.49. The van der Waals surface area contributed by atoms with Crippen LogP contribution in [0.3, 0.4) is 0 Å². The van der Waals surface area contributed by atoms with Crippen LogP contribution >= 0.6 is 0 Å². The summed E-state index contributed by atoms with van der Waals surface area (Å²) in [5.74, 6) is 0.303. The largest absolute Gasteiger partial charge is 0.618 e. The molecule has 1 aliphatic rings. The van der Waals surface area contributed by atoms with Crippen LogP contribution in [0.4, 0.5) is 5.69 Å². The second-order valence-electron chi connectivity index (χ2n) is 6.56. The first kappa shape index (κ1) is 17.4. The third-order valence-electron chi connectivity index (χ3n) is 4.90. The van der Waals surface area contributed by atoms with Gasteiger partial charge in [0.25, 0.3) is 0 Å². The Labute approximate surface area is 148 Å². The molecule has 0 aliphatic carbocycles. The number of pyridine rings is 1. The molecule has 2 heterocycles. The molecule has 2 aromatic rings. The zero-order valence-corrected chi connectivity index (χ0v) is 14.6. The number of anilines is 1. The molecule has 5 nitrogen and oxygen atoms in total. The lowest BCUT2D eigenvalue weighted by molar-refractivity contribution is -0.616. The number of aromatic nitrogens is 1. The van der Waals surface area contributed by atoms with E-state index in [9.17, 15) is 10.0 Å². The van der Waals surface area contributed by atoms with Gasteiger partial charge in [0.05, 0.1) is 6.54 Å². The van der Waals surface area contributed by atoms with Crippen LogP contribution in [-0.4, -0.2) is 30.4 Å². The number of hydrogen-bond acceptors (Lipinski definition) is 3. The molecule has 5 heteroatoms. The second-order valence-corrected chi connectivity index (χ2v) is 6.56. The van der Waals surface area contributed by atoms with E-state index in [4.69, 9.17) is 0 Å². The molecule has 25 heavy (non-hydrogen) atoms. The number of hydrogen-bond donors (Lipinski definition) is 1. The predicted octanol–water partition coefficient (Wildman–Crippen LogP) is 2.70. The van der Waals surface area contributed by atoms with Gasteiger partial charge < -0.3 is 10.5 Å². The Morgan fingerprint density at radius 1 is 1.20 bits per heavy atom. The molecule has 1 aliphatic heterocycles. The normalized spacial score (nSPS) is 15.9. The van der Waals surface area contributed by atoms with Crippen molar-refractivity contribution in [1.29, 1.82) is 0 Å². The second kappa shape index (κ2) is 8.12. The zero-order chi connectivity index (χ0) is 17.6. The van der Waals surface area contributed by atoms with Crippen molar-refractivity contribution in [2.75, 3.05) is 25.0 Å². The molecule has 1 aromatic carbocycles. The molecule has 1 saturated heterocycles. The molecule has 0 radical (unpaired) electrons. The van der Waals surface area contributed by atoms with Crippen molar-refractivity contribution >= 4 is 11.6 Å². The SMILES string of the molecule is CCc1ccccc1NC(=O)CN1CCC(c2cccc[n+]2[O-])CC1. The van der Waals surface area contributed by atoms with E-state index in [0.717, 1.165) is 54.0 Å². The Morgan fingerprint density at radius 3 is 2.64 bits per heavy atom. The van der Waals surface area contributed by atoms with Crippen LogP contribution in [-0.2, 0) is 11.2 Å². The number of rotatable bonds is 5. The van der Waals surface area contributed by atoms with Gasteiger partial charge in [-0.25, -0.2) is 0 Å². The van der Waals surface area contributed by atoms with Crippen molar-refractivity contribution in [2.45, 2.75) is 32.1 Å². The maximum Gasteiger partial charge on any atom is 0.238 e. The van der Waals surface area contributed by atoms with Crippen LogP contribution in [0.2, 0.25) is 0 Å². The van der Waals surface area contributed by atoms with Crippen molar-refractivity contribution < 1.29 is 9.52 Å². The number of benzene rings is 1. The van der Waals surface area contributed by atoms with Crippen molar-refractivity contribution in [2.24, 2.45) is 0 Å². The van der Waals surface area contributed by atoms with Gasteiger partial charge in [0.2, 0.25) is 5.91 Å². The lowest BCUT2D eigenvalue weighted by atomic mass is 9.93. The first-order valence-electron chi connectivity index (χ1n) is 8.95. The lowest BCUT2D eigenvalue weighted by Crippen LogP contribution is -2.41. The van der Waals surface area contributed by atoms with E-state index in [2.05, 4.69) is 17.1 Å². The summed E-state index contributed by atoms with van der Waals surface area (Å²) in [6, 6.07) is 13.5. The number of para-hydroxylation sites is 1. The third-order valence-corrected chi connectivity index (χ3v) is 4.90. The van der Waals surface area contributed by atoms with Crippen molar-refractivity contribution in [3.8, 4) is 0 Å². The summed E-state index contributed by atoms with van der Waals surface area (Å²) in [4.78, 5) is 14.5. The number of carbonyl (C=O) groups is 1. The smallest absolute Gasteiger partial charge is 0.238 e. The van der Waals surface area contributed by atoms with Crippen LogP contribution in [0.1, 0.15) is 36.9 Å². The van der Waals surface area contributed by atoms with E-state index in [-0.39, 0.29) is 11.8 Å². The van der Waals surface area contributed by atoms with Gasteiger partial charge in [-0.2, -0.15) is 4.73 Å². The number of amides is 1. The summed E-state index contributed by atoms with van der Waals surface area (Å²) in [5, 5.41) is 14.9. The molecule has 0 spiro atoms. The highest BCUT2D eigenvalue weighted by atomic mass is 16.5. The Kier molecular flexibility index (Phi) is 5.66. The molecule has 0 atom stereocenters. The van der Waals surface area contributed by atoms with E-state index < -0.39 is 0 Å². The van der Waals surface area contributed by atoms with E-state index in [1.807, 2.05) is 36.4 Å². The molecule has 0 saturated carbocycles. The minimum atomic E-state index is 0.0259. The molecule has 1 fully saturated rings. The van der Waals surface area contributed by atoms with E-state index in [0.29, 0.717) is 6.54 Å². The molecule has 3 rings (SSSR count). The number of piperidine rings is 1. The number of likely N-dealkylation sites (tertiary alicyclic amines) is 1. The maximum atomic E-state index is 12.3. The molecule has 1 aromatic heterocycles. The molecular weight excluding hydrogens is 314 g/mol. The van der Waals surface area contributed by atoms with Gasteiger partial charge in [-0.05, 0) is 44.0 Å². The fourth-order valence-corrected chi connectivity index (χ4v) is 3.49. The predicted molar refractivity (Wildman–Crippen MR) is 98.3 cm³/mol. The van der Waals surface area contributed by atoms with Gasteiger partial charge in [-0.1, -0.05) is 31.2 Å². The van der Waals surface area contributed by atoms with Crippen LogP contribution in [0, 0.1) is 5.21 Å². The Balaban J connectivity index is 1.52. The highest BCUT2D eigenvalue weighted by Crippen LogP contribution is 2.25. The Hall–Kier alpha value is -2.40. The average Bonchev–Trinajstić information content (AvgIpc) is 2.63. The summed E-state index contributed by atoms with van der Waals surface area (Å²) in [6.45, 7) is 4.16. The first-order valence-corrected chi connectivity index (χ1v) is 8.95. The minimum absolute atomic E-state index is 0.0259. The number of aryl methyl sites for hydroxylation is 1. The van der Waals surface area contributed by atoms with Gasteiger partial charge in [0, 0.05) is 23.7 Å². The molecule has 1 amide bonds. The van der Waals surface area contributed by atoms with Gasteiger partial charge in [0.15, 0.2) is 11.9 Å². The molecule has 132 valence electrons. The Morgan fingerprint density at radius 2 is 1.92 bits per heavy atom. The number of carbonyl (C=O) groups excluding carboxylic acids is 1. The zero-order valence-electron chi connectivity index (χ0n) is 14.6. The summed E-state index contributed by atoms with van der Waals surface area (Å²) in [6.07, 6.45) is 4.27. The Bertz CT molecular complexity index is 724. The standard InChI is InChI=1S/C20H25N3O2/c1-2-16-7-3-4-8-18(16)21-20(24)15-22-13-10-17(11-14-22)19-9-5-6-12-23(19)25/h3-9,12,17H,2,10-11,13-15H2,1H3,(H,21,24). The number of nitrogens with zero attached hydrogens (tertiary/aromatic N) is 2. The molecule has 0 bridgehead atoms. The van der Waals surface area contributed by atoms with Gasteiger partial charge in [0.1, 0.15) is 0 Å². The molecule has 1 N–H and O–H groups in total. The highest BCUT2D eigenvalue weighted by Gasteiger charge is 2.26. The fraction of sp³-hybridized carbons (Fsp3) is 0.400. The maximum absolute atomic E-state index is 12.3. The molecule has 0 unspecified atom stereocenters. The summed E-state index contributed by atoms with van der Waals surface area (Å²) in [7, 11) is 0. The number of nitrogens with one attached hydrogen (secondary N) is 1. The first-order chi connectivity index (χ1) is 12.2. The monoisotopic (exact) mass is 339 g/mol. The van der Waals surface area contributed by atoms with Crippen molar-refractivity contribution in [3.63, 3.8) is 0 Å². The van der Waals surface area contributed by atoms with Crippen molar-refractivity contribution in [1.82, 2.24) is 4.90 Å². The van der Waals surface area contributed by atoms with E-state index in [1.165, 1.54) is 0 Å². The summed E-state index contributed by atoms with van der Waals surface area (Å²) < 4.78 is 0.967. The van der Waals surface area contributed by atoms with Crippen LogP contribution in [0.5, 0.6) is 0 Å². The molecular formula is C20H25N3O2. The van der Waals surface area contributed by atoms with Crippen LogP contribution in [0.25, 0.3) is 0 Å². The van der Waals surface area contributed by atoms with Gasteiger partial charge in [-0.3, -0.25) is 9.69 Å². The van der Waals surface area contributed by atoms with Crippen molar-refractivity contribution in [3.05, 3.63) is 65.1 Å². The minimum Gasteiger partial charge on any atom is -0.618 e. The van der Waals surface area contributed by atoms with E-state index in [1.54, 1.807) is 12.3 Å². The average molecular weight is 339 g/mol. The van der Waals surface area contributed by atoms with Crippen LogP contribution < -0.4 is 10.0 Å². The lowest BCUT2D eigenvalue weighted by Gasteiger charge is -2.30. The summed E-state index contributed by atoms with van der Waals surface area (Å²) >= 11 is 0. The van der Waals surface area contributed by atoms with Gasteiger partial charge >= 0.3 is 0 Å². The van der Waals surface area contributed by atoms with Crippen LogP contribution in [0.15, 0.2) is 48.7 Å². The highest BCUT2D eigenvalue weighted by molar-refractivity contribution is 5.93. The third kappa shape index (κ3) is 4.37. The summed E-state index contributed by atoms with van der Waals surface area (Å²) in [5.41, 5.74) is 2.89. The quantitative estimate of drug-likeness (QED) is 0.673. The van der Waals surface area contributed by atoms with E-state index >= 15 is 0 Å². The van der Waals surface area contributed by atoms with Gasteiger partial charge in [-0.15, -0.1) is 0 Å².